The predicted octanol–water partition coefficient (Wildman–Crippen LogP) is -1.46. The van der Waals surface area contributed by atoms with Gasteiger partial charge in [0.2, 0.25) is 5.95 Å². The first-order valence-corrected chi connectivity index (χ1v) is 12.8. The summed E-state index contributed by atoms with van der Waals surface area (Å²) in [6.07, 6.45) is -0.724. The van der Waals surface area contributed by atoms with Gasteiger partial charge >= 0.3 is 23.5 Å². The fraction of sp³-hybridized carbons (Fsp3) is 0.455. The Kier molecular flexibility index (Phi) is 6.61. The number of nitrogens with zero attached hydrogens (tertiary/aromatic N) is 3. The summed E-state index contributed by atoms with van der Waals surface area (Å²) in [5, 5.41) is 10.3. The van der Waals surface area contributed by atoms with E-state index in [2.05, 4.69) is 28.1 Å². The lowest BCUT2D eigenvalue weighted by molar-refractivity contribution is -0.128. The van der Waals surface area contributed by atoms with Crippen LogP contribution in [0.4, 0.5) is 5.95 Å². The minimum absolute atomic E-state index is 0.0309. The topological polar surface area (TPSA) is 287 Å². The first kappa shape index (κ1) is 24.8. The van der Waals surface area contributed by atoms with Crippen LogP contribution in [0.15, 0.2) is 11.1 Å². The molecule has 0 aromatic carbocycles. The minimum atomic E-state index is -5.71. The lowest BCUT2D eigenvalue weighted by Crippen LogP contribution is -2.26. The number of phosphoric acid groups is 3. The Hall–Kier alpha value is -1.81. The van der Waals surface area contributed by atoms with Gasteiger partial charge in [0, 0.05) is 5.92 Å². The Morgan fingerprint density at radius 3 is 2.44 bits per heavy atom. The van der Waals surface area contributed by atoms with E-state index in [-0.39, 0.29) is 23.5 Å². The summed E-state index contributed by atoms with van der Waals surface area (Å²) in [5.41, 5.74) is 4.69. The molecule has 2 aromatic rings. The summed E-state index contributed by atoms with van der Waals surface area (Å²) < 4.78 is 46.6. The van der Waals surface area contributed by atoms with Gasteiger partial charge in [-0.1, -0.05) is 0 Å². The largest absolute Gasteiger partial charge is 0.490 e. The number of aliphatic hydroxyl groups excluding tert-OH is 1. The number of imidazole rings is 1. The van der Waals surface area contributed by atoms with Gasteiger partial charge in [-0.25, -0.2) is 18.7 Å². The van der Waals surface area contributed by atoms with Crippen LogP contribution in [-0.4, -0.2) is 62.7 Å². The average Bonchev–Trinajstić information content (AvgIpc) is 3.12. The molecule has 2 unspecified atom stereocenters. The number of nitrogens with one attached hydrogen (secondary N) is 1. The molecule has 1 fully saturated rings. The predicted molar refractivity (Wildman–Crippen MR) is 101 cm³/mol. The van der Waals surface area contributed by atoms with Crippen LogP contribution in [0, 0.1) is 5.92 Å². The van der Waals surface area contributed by atoms with Crippen LogP contribution >= 0.6 is 23.5 Å². The molecule has 1 aliphatic rings. The third kappa shape index (κ3) is 5.57. The van der Waals surface area contributed by atoms with E-state index in [4.69, 9.17) is 20.4 Å². The number of carbonyl (C=O) groups is 1. The number of nitrogens with two attached hydrogens (primary N) is 1. The number of aliphatic hydroxyl groups is 1. The fourth-order valence-corrected chi connectivity index (χ4v) is 6.12. The van der Waals surface area contributed by atoms with E-state index in [1.165, 1.54) is 4.57 Å². The van der Waals surface area contributed by atoms with Gasteiger partial charge in [-0.15, -0.1) is 0 Å². The first-order chi connectivity index (χ1) is 14.6. The third-order valence-corrected chi connectivity index (χ3v) is 8.05. The molecule has 0 spiro atoms. The van der Waals surface area contributed by atoms with Crippen molar-refractivity contribution in [1.29, 1.82) is 0 Å². The second kappa shape index (κ2) is 8.52. The number of nitrogen functional groups attached to an aromatic ring is 1. The first-order valence-electron chi connectivity index (χ1n) is 8.31. The number of ketones is 1. The Morgan fingerprint density at radius 1 is 1.16 bits per heavy atom. The molecule has 0 amide bonds. The zero-order chi connectivity index (χ0) is 24.1. The van der Waals surface area contributed by atoms with Crippen molar-refractivity contribution in [3.05, 3.63) is 16.7 Å². The maximum atomic E-state index is 12.3. The highest BCUT2D eigenvalue weighted by molar-refractivity contribution is 7.66. The molecule has 0 aliphatic heterocycles. The Labute approximate surface area is 176 Å². The van der Waals surface area contributed by atoms with Crippen molar-refractivity contribution in [2.24, 2.45) is 5.92 Å². The average molecular weight is 519 g/mol. The number of carbonyl (C=O) groups excluding carboxylic acids is 1. The Bertz CT molecular complexity index is 1250. The van der Waals surface area contributed by atoms with E-state index < -0.39 is 59.5 Å². The van der Waals surface area contributed by atoms with E-state index in [1.807, 2.05) is 0 Å². The molecule has 2 aromatic heterocycles. The summed E-state index contributed by atoms with van der Waals surface area (Å²) in [7, 11) is -16.7. The number of rotatable bonds is 8. The number of aromatic amines is 1. The number of H-pyrrole nitrogens is 1. The van der Waals surface area contributed by atoms with Gasteiger partial charge in [0.25, 0.3) is 5.56 Å². The van der Waals surface area contributed by atoms with Gasteiger partial charge in [-0.3, -0.25) is 19.1 Å². The molecule has 8 N–H and O–H groups in total. The number of hydrogen-bond donors (Lipinski definition) is 7. The lowest BCUT2D eigenvalue weighted by Gasteiger charge is -2.17. The van der Waals surface area contributed by atoms with E-state index in [0.717, 1.165) is 6.33 Å². The van der Waals surface area contributed by atoms with Crippen LogP contribution in [0.5, 0.6) is 0 Å². The van der Waals surface area contributed by atoms with Crippen molar-refractivity contribution in [3.63, 3.8) is 0 Å². The van der Waals surface area contributed by atoms with Gasteiger partial charge in [0.1, 0.15) is 6.10 Å². The monoisotopic (exact) mass is 519 g/mol. The molecule has 0 bridgehead atoms. The molecule has 32 heavy (non-hydrogen) atoms. The number of Topliss-reactive ketones (excluding diaryl/α,β-unsaturated/α-hetero) is 1. The van der Waals surface area contributed by atoms with Crippen LogP contribution in [0.2, 0.25) is 0 Å². The molecule has 1 saturated carbocycles. The number of fused-ring (bicyclic) bond motifs is 1. The van der Waals surface area contributed by atoms with Crippen LogP contribution in [0.1, 0.15) is 12.5 Å². The van der Waals surface area contributed by atoms with Crippen molar-refractivity contribution in [2.75, 3.05) is 12.3 Å². The Balaban J connectivity index is 1.73. The van der Waals surface area contributed by atoms with Gasteiger partial charge in [-0.05, 0) is 6.42 Å². The Morgan fingerprint density at radius 2 is 1.81 bits per heavy atom. The van der Waals surface area contributed by atoms with E-state index in [9.17, 15) is 33.3 Å². The summed E-state index contributed by atoms with van der Waals surface area (Å²) >= 11 is 0. The summed E-state index contributed by atoms with van der Waals surface area (Å²) in [6.45, 7) is -0.890. The van der Waals surface area contributed by atoms with Crippen LogP contribution in [0.3, 0.4) is 0 Å². The van der Waals surface area contributed by atoms with Gasteiger partial charge < -0.3 is 35.0 Å². The van der Waals surface area contributed by atoms with Gasteiger partial charge in [0.05, 0.1) is 19.0 Å². The van der Waals surface area contributed by atoms with Crippen molar-refractivity contribution < 1.29 is 56.3 Å². The van der Waals surface area contributed by atoms with Crippen LogP contribution in [-0.2, 0) is 31.6 Å². The van der Waals surface area contributed by atoms with Crippen molar-refractivity contribution in [1.82, 2.24) is 19.5 Å². The second-order valence-corrected chi connectivity index (χ2v) is 10.9. The maximum Gasteiger partial charge on any atom is 0.490 e. The molecule has 0 saturated heterocycles. The highest BCUT2D eigenvalue weighted by Gasteiger charge is 2.45. The standard InChI is InChI=1S/C11H16N5O13P3/c12-11-14-9-6(10(19)15-11)13-3-16(9)5-1-4(7(17)8(5)18)2-27-31(23,24)29-32(25,26)28-30(20,21)22/h3-5,8,18H,1-2H2,(H,23,24)(H,25,26)(H2,20,21,22)(H3,12,14,15,19)/t4-,5-,8-/m1/s1. The third-order valence-electron chi connectivity index (χ3n) is 4.25. The number of aromatic nitrogens is 4. The van der Waals surface area contributed by atoms with E-state index in [0.29, 0.717) is 0 Å². The highest BCUT2D eigenvalue weighted by atomic mass is 31.3. The van der Waals surface area contributed by atoms with Crippen molar-refractivity contribution in [2.45, 2.75) is 18.6 Å². The zero-order valence-electron chi connectivity index (χ0n) is 15.5. The van der Waals surface area contributed by atoms with Crippen molar-refractivity contribution in [3.8, 4) is 0 Å². The molecule has 5 atom stereocenters. The molecule has 0 radical (unpaired) electrons. The molecule has 21 heteroatoms. The molecule has 1 aliphatic carbocycles. The lowest BCUT2D eigenvalue weighted by atomic mass is 10.1. The number of hydrogen-bond acceptors (Lipinski definition) is 12. The second-order valence-electron chi connectivity index (χ2n) is 6.51. The minimum Gasteiger partial charge on any atom is -0.383 e. The van der Waals surface area contributed by atoms with Crippen LogP contribution in [0.25, 0.3) is 11.2 Å². The smallest absolute Gasteiger partial charge is 0.383 e. The molecule has 178 valence electrons. The summed E-state index contributed by atoms with van der Waals surface area (Å²) in [6, 6.07) is -1.02. The van der Waals surface area contributed by atoms with Crippen molar-refractivity contribution >= 4 is 46.4 Å². The molecule has 18 nitrogen and oxygen atoms in total. The highest BCUT2D eigenvalue weighted by Crippen LogP contribution is 2.66. The molecular formula is C11H16N5O13P3. The SMILES string of the molecule is Nc1nc2c(ncn2[C@@H]2C[C@H](COP(=O)(O)OP(=O)(O)OP(=O)(O)O)C(=O)[C@@H]2O)c(=O)[nH]1. The number of anilines is 1. The van der Waals surface area contributed by atoms with Gasteiger partial charge in [0.15, 0.2) is 16.9 Å². The van der Waals surface area contributed by atoms with E-state index >= 15 is 0 Å². The maximum absolute atomic E-state index is 12.3. The summed E-state index contributed by atoms with van der Waals surface area (Å²) in [4.78, 5) is 69.8. The number of phosphoric ester groups is 1. The zero-order valence-corrected chi connectivity index (χ0v) is 18.2. The van der Waals surface area contributed by atoms with E-state index in [1.54, 1.807) is 0 Å². The normalized spacial score (nSPS) is 25.7. The molecular weight excluding hydrogens is 503 g/mol. The summed E-state index contributed by atoms with van der Waals surface area (Å²) in [5.74, 6) is -2.31. The van der Waals surface area contributed by atoms with Crippen LogP contribution < -0.4 is 11.3 Å². The quantitative estimate of drug-likeness (QED) is 0.196. The molecule has 2 heterocycles. The van der Waals surface area contributed by atoms with Gasteiger partial charge in [-0.2, -0.15) is 13.6 Å². The fourth-order valence-electron chi connectivity index (χ4n) is 3.06. The molecule has 3 rings (SSSR count).